The van der Waals surface area contributed by atoms with Gasteiger partial charge in [0.2, 0.25) is 5.72 Å². The van der Waals surface area contributed by atoms with Crippen LogP contribution in [-0.2, 0) is 52.3 Å². The van der Waals surface area contributed by atoms with Crippen LogP contribution in [0.25, 0.3) is 0 Å². The summed E-state index contributed by atoms with van der Waals surface area (Å²) in [4.78, 5) is 0. The minimum absolute atomic E-state index is 0.0000604. The Morgan fingerprint density at radius 3 is 1.08 bits per heavy atom. The molecule has 0 aliphatic heterocycles. The highest BCUT2D eigenvalue weighted by atomic mass is 19.4. The number of benzene rings is 3. The van der Waals surface area contributed by atoms with Gasteiger partial charge in [-0.1, -0.05) is 105 Å². The standard InChI is InChI=1S/C54H71BF18NO5/c1-7-11-13-15-17-19-21-23-25-74(37(5)75-27-9-3,26-24-22-20-18-16-14-12-8-2)48(6,76-28-10-4)47-45(54(71,72)73)35-42(53(68,69)70)36-46(47)79-55(77-43-31-38(49(56,57)58)29-39(32-43)50(59,60)61)78-44-33-40(51(62,63)64)30-41(34-44)52(65,66)67/h29-37H,7-28H2,1-6H3/q+1. The van der Waals surface area contributed by atoms with Crippen molar-refractivity contribution < 1.29 is 107 Å². The van der Waals surface area contributed by atoms with E-state index in [9.17, 15) is 52.7 Å². The predicted molar refractivity (Wildman–Crippen MR) is 261 cm³/mol. The quantitative estimate of drug-likeness (QED) is 0.0200. The van der Waals surface area contributed by atoms with Gasteiger partial charge in [-0.3, -0.25) is 4.48 Å². The lowest BCUT2D eigenvalue weighted by atomic mass is 9.88. The molecule has 79 heavy (non-hydrogen) atoms. The summed E-state index contributed by atoms with van der Waals surface area (Å²) in [5.41, 5.74) is -16.5. The van der Waals surface area contributed by atoms with Crippen LogP contribution in [0, 0.1) is 0 Å². The molecule has 0 amide bonds. The fraction of sp³-hybridized carbons (Fsp3) is 0.667. The lowest BCUT2D eigenvalue weighted by molar-refractivity contribution is -1.04. The highest BCUT2D eigenvalue weighted by molar-refractivity contribution is 6.39. The molecule has 3 aromatic carbocycles. The summed E-state index contributed by atoms with van der Waals surface area (Å²) in [5.74, 6) is -4.81. The van der Waals surface area contributed by atoms with Crippen LogP contribution in [0.3, 0.4) is 0 Å². The first-order valence-electron chi connectivity index (χ1n) is 26.6. The summed E-state index contributed by atoms with van der Waals surface area (Å²) in [6.07, 6.45) is -22.9. The second-order valence-electron chi connectivity index (χ2n) is 19.8. The van der Waals surface area contributed by atoms with Crippen molar-refractivity contribution in [2.45, 2.75) is 206 Å². The fourth-order valence-electron chi connectivity index (χ4n) is 9.42. The number of hydrogen-bond donors (Lipinski definition) is 0. The second-order valence-corrected chi connectivity index (χ2v) is 19.8. The number of alkyl halides is 18. The monoisotopic (exact) mass is 1170 g/mol. The molecule has 450 valence electrons. The zero-order valence-electron chi connectivity index (χ0n) is 45.1. The molecule has 0 saturated heterocycles. The Hall–Kier alpha value is -4.26. The summed E-state index contributed by atoms with van der Waals surface area (Å²) >= 11 is 0. The number of ether oxygens (including phenoxy) is 2. The van der Waals surface area contributed by atoms with E-state index >= 15 is 26.3 Å². The zero-order valence-corrected chi connectivity index (χ0v) is 45.1. The fourth-order valence-corrected chi connectivity index (χ4v) is 9.42. The van der Waals surface area contributed by atoms with Crippen molar-refractivity contribution in [1.82, 2.24) is 0 Å². The van der Waals surface area contributed by atoms with E-state index in [-0.39, 0.29) is 75.4 Å². The van der Waals surface area contributed by atoms with Crippen molar-refractivity contribution in [2.24, 2.45) is 0 Å². The molecule has 2 atom stereocenters. The van der Waals surface area contributed by atoms with E-state index in [2.05, 4.69) is 0 Å². The maximum atomic E-state index is 16.1. The second kappa shape index (κ2) is 29.6. The minimum Gasteiger partial charge on any atom is -0.490 e. The van der Waals surface area contributed by atoms with Gasteiger partial charge in [0, 0.05) is 13.8 Å². The third-order valence-electron chi connectivity index (χ3n) is 13.5. The number of rotatable bonds is 33. The molecule has 0 fully saturated rings. The normalized spacial score (nSPS) is 14.3. The third-order valence-corrected chi connectivity index (χ3v) is 13.5. The summed E-state index contributed by atoms with van der Waals surface area (Å²) in [6.45, 7) is 9.44. The Labute approximate surface area is 450 Å². The van der Waals surface area contributed by atoms with Gasteiger partial charge in [-0.2, -0.15) is 79.0 Å². The number of hydrogen-bond acceptors (Lipinski definition) is 5. The van der Waals surface area contributed by atoms with E-state index in [1.165, 1.54) is 6.92 Å². The van der Waals surface area contributed by atoms with E-state index in [1.807, 2.05) is 13.8 Å². The first-order valence-corrected chi connectivity index (χ1v) is 26.6. The first-order chi connectivity index (χ1) is 36.6. The maximum Gasteiger partial charge on any atom is 0.864 e. The van der Waals surface area contributed by atoms with E-state index in [0.717, 1.165) is 71.1 Å². The van der Waals surface area contributed by atoms with Gasteiger partial charge in [0.1, 0.15) is 17.2 Å². The summed E-state index contributed by atoms with van der Waals surface area (Å²) in [5, 5.41) is 0. The van der Waals surface area contributed by atoms with Crippen LogP contribution in [0.4, 0.5) is 79.0 Å². The zero-order chi connectivity index (χ0) is 59.7. The molecule has 6 nitrogen and oxygen atoms in total. The van der Waals surface area contributed by atoms with Crippen LogP contribution >= 0.6 is 0 Å². The van der Waals surface area contributed by atoms with E-state index < -0.39 is 136 Å². The van der Waals surface area contributed by atoms with Crippen molar-refractivity contribution in [3.63, 3.8) is 0 Å². The molecule has 0 heterocycles. The summed E-state index contributed by atoms with van der Waals surface area (Å²) in [7, 11) is -3.39. The summed E-state index contributed by atoms with van der Waals surface area (Å²) < 4.78 is 292. The molecule has 0 aromatic heterocycles. The van der Waals surface area contributed by atoms with Gasteiger partial charge in [-0.25, -0.2) is 0 Å². The van der Waals surface area contributed by atoms with E-state index in [0.29, 0.717) is 32.1 Å². The van der Waals surface area contributed by atoms with Crippen molar-refractivity contribution >= 4 is 7.32 Å². The van der Waals surface area contributed by atoms with Crippen LogP contribution in [0.15, 0.2) is 48.5 Å². The van der Waals surface area contributed by atoms with E-state index in [4.69, 9.17) is 23.4 Å². The van der Waals surface area contributed by atoms with Gasteiger partial charge < -0.3 is 23.4 Å². The van der Waals surface area contributed by atoms with Crippen LogP contribution in [0.5, 0.6) is 17.2 Å². The Morgan fingerprint density at radius 1 is 0.405 bits per heavy atom. The van der Waals surface area contributed by atoms with Gasteiger partial charge in [-0.05, 0) is 87.1 Å². The highest BCUT2D eigenvalue weighted by Gasteiger charge is 2.59. The molecule has 0 spiro atoms. The molecule has 2 unspecified atom stereocenters. The molecule has 3 rings (SSSR count). The smallest absolute Gasteiger partial charge is 0.490 e. The van der Waals surface area contributed by atoms with Gasteiger partial charge >= 0.3 is 44.4 Å². The molecule has 0 aliphatic carbocycles. The van der Waals surface area contributed by atoms with Gasteiger partial charge in [-0.15, -0.1) is 0 Å². The molecule has 0 N–H and O–H groups in total. The first kappa shape index (κ1) is 69.0. The van der Waals surface area contributed by atoms with Crippen molar-refractivity contribution in [2.75, 3.05) is 26.3 Å². The van der Waals surface area contributed by atoms with Crippen LogP contribution in [-0.4, -0.2) is 44.3 Å². The largest absolute Gasteiger partial charge is 0.864 e. The van der Waals surface area contributed by atoms with Crippen molar-refractivity contribution in [3.8, 4) is 17.2 Å². The average Bonchev–Trinajstić information content (AvgIpc) is 3.51. The molecule has 0 bridgehead atoms. The minimum atomic E-state index is -5.81. The van der Waals surface area contributed by atoms with Gasteiger partial charge in [0.05, 0.1) is 65.2 Å². The van der Waals surface area contributed by atoms with Crippen LogP contribution < -0.4 is 14.0 Å². The molecule has 0 aliphatic rings. The Balaban J connectivity index is 2.63. The maximum absolute atomic E-state index is 16.1. The predicted octanol–water partition coefficient (Wildman–Crippen LogP) is 19.8. The molecule has 25 heteroatoms. The van der Waals surface area contributed by atoms with Gasteiger partial charge in [0.15, 0.2) is 6.23 Å². The van der Waals surface area contributed by atoms with Gasteiger partial charge in [0.25, 0.3) is 0 Å². The molecular weight excluding hydrogens is 1100 g/mol. The molecule has 0 saturated carbocycles. The number of quaternary nitrogens is 1. The topological polar surface area (TPSA) is 46.2 Å². The lowest BCUT2D eigenvalue weighted by Crippen LogP contribution is -2.68. The highest BCUT2D eigenvalue weighted by Crippen LogP contribution is 2.52. The van der Waals surface area contributed by atoms with Crippen LogP contribution in [0.2, 0.25) is 0 Å². The number of halogens is 18. The SMILES string of the molecule is CCCCCCCCCC[N+](CCCCCCCCCC)(C(C)OCCC)C(C)(OCCC)c1c(OB(Oc2cc(C(F)(F)F)cc(C(F)(F)F)c2)Oc2cc(C(F)(F)F)cc(C(F)(F)F)c2)cc(C(F)(F)F)cc1C(F)(F)F. The number of unbranched alkanes of at least 4 members (excludes halogenated alkanes) is 14. The number of nitrogens with zero attached hydrogens (tertiary/aromatic N) is 1. The van der Waals surface area contributed by atoms with Crippen LogP contribution in [0.1, 0.15) is 196 Å². The molecular formula is C54H71BF18NO5+. The average molecular weight is 1170 g/mol. The Morgan fingerprint density at radius 2 is 0.747 bits per heavy atom. The lowest BCUT2D eigenvalue weighted by Gasteiger charge is -2.55. The summed E-state index contributed by atoms with van der Waals surface area (Å²) in [6, 6.07) is -1.68. The Kier molecular flexibility index (Phi) is 25.9. The molecule has 3 aromatic rings. The van der Waals surface area contributed by atoms with E-state index in [1.54, 1.807) is 13.8 Å². The van der Waals surface area contributed by atoms with Crippen molar-refractivity contribution in [1.29, 1.82) is 0 Å². The van der Waals surface area contributed by atoms with Crippen molar-refractivity contribution in [3.05, 3.63) is 87.5 Å². The third kappa shape index (κ3) is 20.6. The molecule has 0 radical (unpaired) electrons. The Bertz CT molecular complexity index is 2140.